The maximum Gasteiger partial charge on any atom is 0.451 e. The molecule has 0 saturated carbocycles. The number of aromatic nitrogens is 3. The van der Waals surface area contributed by atoms with Crippen LogP contribution in [0.5, 0.6) is 0 Å². The molecule has 2 amide bonds. The van der Waals surface area contributed by atoms with Gasteiger partial charge >= 0.3 is 6.18 Å². The highest BCUT2D eigenvalue weighted by atomic mass is 19.4. The van der Waals surface area contributed by atoms with Crippen LogP contribution in [0.2, 0.25) is 0 Å². The van der Waals surface area contributed by atoms with Gasteiger partial charge in [-0.05, 0) is 5.92 Å². The Bertz CT molecular complexity index is 704. The van der Waals surface area contributed by atoms with Crippen molar-refractivity contribution in [3.8, 4) is 0 Å². The molecule has 0 spiro atoms. The van der Waals surface area contributed by atoms with Gasteiger partial charge in [-0.15, -0.1) is 10.2 Å². The molecule has 3 heterocycles. The number of fused-ring (bicyclic) bond motifs is 1. The summed E-state index contributed by atoms with van der Waals surface area (Å²) in [7, 11) is 0. The maximum atomic E-state index is 12.8. The van der Waals surface area contributed by atoms with Gasteiger partial charge in [0.25, 0.3) is 0 Å². The molecule has 8 nitrogen and oxygen atoms in total. The van der Waals surface area contributed by atoms with Crippen LogP contribution >= 0.6 is 0 Å². The summed E-state index contributed by atoms with van der Waals surface area (Å²) in [6, 6.07) is -0.512. The van der Waals surface area contributed by atoms with Crippen LogP contribution in [0.4, 0.5) is 13.2 Å². The van der Waals surface area contributed by atoms with Crippen molar-refractivity contribution < 1.29 is 22.8 Å². The van der Waals surface area contributed by atoms with Gasteiger partial charge in [-0.2, -0.15) is 13.2 Å². The highest BCUT2D eigenvalue weighted by Gasteiger charge is 2.40. The van der Waals surface area contributed by atoms with Crippen LogP contribution in [0.1, 0.15) is 31.4 Å². The molecule has 2 aliphatic rings. The second-order valence-electron chi connectivity index (χ2n) is 6.98. The Morgan fingerprint density at radius 1 is 1.35 bits per heavy atom. The first-order chi connectivity index (χ1) is 12.1. The third kappa shape index (κ3) is 3.81. The van der Waals surface area contributed by atoms with Crippen molar-refractivity contribution in [2.45, 2.75) is 45.1 Å². The minimum absolute atomic E-state index is 0.0136. The number of halogens is 3. The number of alkyl halides is 3. The third-order valence-electron chi connectivity index (χ3n) is 4.66. The van der Waals surface area contributed by atoms with Gasteiger partial charge in [-0.25, -0.2) is 0 Å². The van der Waals surface area contributed by atoms with Gasteiger partial charge < -0.3 is 20.1 Å². The Morgan fingerprint density at radius 3 is 2.69 bits per heavy atom. The molecule has 0 aromatic carbocycles. The molecule has 1 saturated heterocycles. The monoisotopic (exact) mass is 374 g/mol. The molecule has 0 aliphatic carbocycles. The molecule has 1 unspecified atom stereocenters. The van der Waals surface area contributed by atoms with Crippen molar-refractivity contribution in [3.63, 3.8) is 0 Å². The number of rotatable bonds is 4. The summed E-state index contributed by atoms with van der Waals surface area (Å²) >= 11 is 0. The van der Waals surface area contributed by atoms with Gasteiger partial charge in [-0.1, -0.05) is 6.92 Å². The van der Waals surface area contributed by atoms with Gasteiger partial charge in [0.05, 0.1) is 6.54 Å². The lowest BCUT2D eigenvalue weighted by Gasteiger charge is -2.29. The van der Waals surface area contributed by atoms with E-state index in [9.17, 15) is 22.8 Å². The Morgan fingerprint density at radius 2 is 2.08 bits per heavy atom. The Balaban J connectivity index is 1.56. The van der Waals surface area contributed by atoms with Crippen LogP contribution in [0.25, 0.3) is 0 Å². The van der Waals surface area contributed by atoms with E-state index in [4.69, 9.17) is 5.73 Å². The third-order valence-corrected chi connectivity index (χ3v) is 4.66. The molecule has 1 aromatic rings. The number of hydrogen-bond acceptors (Lipinski definition) is 5. The van der Waals surface area contributed by atoms with E-state index >= 15 is 0 Å². The Hall–Kier alpha value is -2.17. The number of likely N-dealkylation sites (tertiary alicyclic amines) is 1. The van der Waals surface area contributed by atoms with Crippen LogP contribution < -0.4 is 5.73 Å². The average molecular weight is 374 g/mol. The highest BCUT2D eigenvalue weighted by Crippen LogP contribution is 2.29. The molecule has 2 atom stereocenters. The fourth-order valence-electron chi connectivity index (χ4n) is 3.43. The maximum absolute atomic E-state index is 12.8. The van der Waals surface area contributed by atoms with Crippen molar-refractivity contribution in [3.05, 3.63) is 11.6 Å². The summed E-state index contributed by atoms with van der Waals surface area (Å²) in [6.45, 7) is 3.01. The first kappa shape index (κ1) is 18.6. The van der Waals surface area contributed by atoms with Crippen LogP contribution in [0.3, 0.4) is 0 Å². The molecule has 26 heavy (non-hydrogen) atoms. The summed E-state index contributed by atoms with van der Waals surface area (Å²) in [6.07, 6.45) is -4.05. The normalized spacial score (nSPS) is 21.9. The summed E-state index contributed by atoms with van der Waals surface area (Å²) < 4.78 is 39.5. The number of amides is 2. The number of nitrogens with two attached hydrogens (primary N) is 1. The van der Waals surface area contributed by atoms with Crippen LogP contribution in [-0.2, 0) is 28.9 Å². The average Bonchev–Trinajstić information content (AvgIpc) is 3.09. The van der Waals surface area contributed by atoms with E-state index in [-0.39, 0.29) is 49.6 Å². The second-order valence-corrected chi connectivity index (χ2v) is 6.98. The number of carbonyl (C=O) groups excluding carboxylic acids is 2. The van der Waals surface area contributed by atoms with E-state index in [0.29, 0.717) is 19.5 Å². The molecular formula is C15H21F3N6O2. The zero-order valence-corrected chi connectivity index (χ0v) is 14.4. The standard InChI is InChI=1S/C15H21F3N6O2/c1-9-4-12(25)23(6-9)7-10(19)5-13(26)22-2-3-24-11(8-22)20-21-14(24)15(16,17)18/h9-10H,2-8,19H2,1H3/t9?,10-/m0/s1. The molecule has 0 bridgehead atoms. The molecule has 1 fully saturated rings. The van der Waals surface area contributed by atoms with E-state index in [1.165, 1.54) is 4.90 Å². The fourth-order valence-corrected chi connectivity index (χ4v) is 3.43. The molecule has 2 aliphatic heterocycles. The summed E-state index contributed by atoms with van der Waals surface area (Å²) in [5.74, 6) is -0.889. The van der Waals surface area contributed by atoms with E-state index < -0.39 is 18.0 Å². The molecule has 0 radical (unpaired) electrons. The molecule has 2 N–H and O–H groups in total. The summed E-state index contributed by atoms with van der Waals surface area (Å²) in [5.41, 5.74) is 6.00. The van der Waals surface area contributed by atoms with Crippen molar-refractivity contribution in [2.75, 3.05) is 19.6 Å². The van der Waals surface area contributed by atoms with E-state index in [1.807, 2.05) is 6.92 Å². The number of hydrogen-bond donors (Lipinski definition) is 1. The molecule has 1 aromatic heterocycles. The summed E-state index contributed by atoms with van der Waals surface area (Å²) in [5, 5.41) is 6.74. The largest absolute Gasteiger partial charge is 0.451 e. The lowest BCUT2D eigenvalue weighted by molar-refractivity contribution is -0.148. The number of nitrogens with zero attached hydrogens (tertiary/aromatic N) is 5. The molecule has 3 rings (SSSR count). The van der Waals surface area contributed by atoms with Crippen LogP contribution in [0, 0.1) is 5.92 Å². The predicted molar refractivity (Wildman–Crippen MR) is 83.4 cm³/mol. The van der Waals surface area contributed by atoms with Gasteiger partial charge in [-0.3, -0.25) is 9.59 Å². The van der Waals surface area contributed by atoms with Gasteiger partial charge in [0.15, 0.2) is 5.82 Å². The van der Waals surface area contributed by atoms with Crippen LogP contribution in [-0.4, -0.2) is 62.1 Å². The first-order valence-corrected chi connectivity index (χ1v) is 8.45. The van der Waals surface area contributed by atoms with E-state index in [1.54, 1.807) is 4.90 Å². The van der Waals surface area contributed by atoms with Crippen LogP contribution in [0.15, 0.2) is 0 Å². The highest BCUT2D eigenvalue weighted by molar-refractivity contribution is 5.79. The van der Waals surface area contributed by atoms with Crippen molar-refractivity contribution in [1.29, 1.82) is 0 Å². The lowest BCUT2D eigenvalue weighted by Crippen LogP contribution is -2.45. The SMILES string of the molecule is CC1CC(=O)N(C[C@@H](N)CC(=O)N2CCn3c(nnc3C(F)(F)F)C2)C1. The first-order valence-electron chi connectivity index (χ1n) is 8.45. The summed E-state index contributed by atoms with van der Waals surface area (Å²) in [4.78, 5) is 27.3. The van der Waals surface area contributed by atoms with Gasteiger partial charge in [0.1, 0.15) is 0 Å². The zero-order valence-electron chi connectivity index (χ0n) is 14.4. The fraction of sp³-hybridized carbons (Fsp3) is 0.733. The zero-order chi connectivity index (χ0) is 19.1. The molecule has 11 heteroatoms. The van der Waals surface area contributed by atoms with Crippen molar-refractivity contribution in [1.82, 2.24) is 24.6 Å². The van der Waals surface area contributed by atoms with Crippen molar-refractivity contribution >= 4 is 11.8 Å². The molecule has 144 valence electrons. The molecular weight excluding hydrogens is 353 g/mol. The van der Waals surface area contributed by atoms with E-state index in [0.717, 1.165) is 4.57 Å². The minimum atomic E-state index is -4.57. The smallest absolute Gasteiger partial charge is 0.341 e. The Kier molecular flexibility index (Phi) is 4.91. The Labute approximate surface area is 148 Å². The van der Waals surface area contributed by atoms with Crippen molar-refractivity contribution in [2.24, 2.45) is 11.7 Å². The minimum Gasteiger partial charge on any atom is -0.341 e. The topological polar surface area (TPSA) is 97.3 Å². The predicted octanol–water partition coefficient (Wildman–Crippen LogP) is 0.225. The lowest BCUT2D eigenvalue weighted by atomic mass is 10.1. The number of carbonyl (C=O) groups is 2. The second kappa shape index (κ2) is 6.86. The van der Waals surface area contributed by atoms with E-state index in [2.05, 4.69) is 10.2 Å². The van der Waals surface area contributed by atoms with Gasteiger partial charge in [0, 0.05) is 45.1 Å². The van der Waals surface area contributed by atoms with Gasteiger partial charge in [0.2, 0.25) is 17.6 Å². The quantitative estimate of drug-likeness (QED) is 0.813.